The molecule has 3 amide bonds. The number of nitrogens with one attached hydrogen (secondary N) is 4. The van der Waals surface area contributed by atoms with Gasteiger partial charge in [-0.2, -0.15) is 0 Å². The fourth-order valence-electron chi connectivity index (χ4n) is 5.80. The predicted molar refractivity (Wildman–Crippen MR) is 195 cm³/mol. The van der Waals surface area contributed by atoms with Crippen molar-refractivity contribution in [2.45, 2.75) is 65.3 Å². The number of likely N-dealkylation sites (N-methyl/N-ethyl adjacent to an activating group) is 1. The quantitative estimate of drug-likeness (QED) is 0.142. The average molecular weight is 720 g/mol. The van der Waals surface area contributed by atoms with Crippen LogP contribution in [-0.4, -0.2) is 71.4 Å². The SMILES string of the molecule is CN[C@@H](C)C(=O)N[C@H](C(=O)N1CCCC1C(=O)Nc1cc2c(Nc3ccc(OCc4cccc(F)c4)c(Cl)c3)ncnc2cc1OC)C(C)(C)C. The number of benzene rings is 3. The van der Waals surface area contributed by atoms with Crippen LogP contribution in [0.1, 0.15) is 46.1 Å². The molecule has 0 radical (unpaired) electrons. The molecule has 1 aliphatic heterocycles. The van der Waals surface area contributed by atoms with Crippen LogP contribution in [0.4, 0.5) is 21.6 Å². The highest BCUT2D eigenvalue weighted by molar-refractivity contribution is 6.32. The van der Waals surface area contributed by atoms with Crippen LogP contribution in [0.2, 0.25) is 5.02 Å². The van der Waals surface area contributed by atoms with Crippen molar-refractivity contribution in [2.24, 2.45) is 5.41 Å². The van der Waals surface area contributed by atoms with E-state index in [1.54, 1.807) is 61.3 Å². The second-order valence-electron chi connectivity index (χ2n) is 13.5. The number of anilines is 3. The molecule has 3 atom stereocenters. The lowest BCUT2D eigenvalue weighted by atomic mass is 9.85. The first-order chi connectivity index (χ1) is 24.3. The van der Waals surface area contributed by atoms with Crippen LogP contribution >= 0.6 is 11.6 Å². The van der Waals surface area contributed by atoms with Crippen LogP contribution in [0.25, 0.3) is 10.9 Å². The van der Waals surface area contributed by atoms with Crippen molar-refractivity contribution in [3.63, 3.8) is 0 Å². The molecule has 5 rings (SSSR count). The van der Waals surface area contributed by atoms with Crippen LogP contribution in [0.5, 0.6) is 11.5 Å². The summed E-state index contributed by atoms with van der Waals surface area (Å²) in [7, 11) is 3.17. The number of halogens is 2. The number of carbonyl (C=O) groups excluding carboxylic acids is 3. The highest BCUT2D eigenvalue weighted by Gasteiger charge is 2.42. The maximum absolute atomic E-state index is 13.9. The van der Waals surface area contributed by atoms with Crippen LogP contribution in [-0.2, 0) is 21.0 Å². The van der Waals surface area contributed by atoms with Crippen molar-refractivity contribution in [3.05, 3.63) is 77.3 Å². The summed E-state index contributed by atoms with van der Waals surface area (Å²) in [6, 6.07) is 12.6. The average Bonchev–Trinajstić information content (AvgIpc) is 3.59. The molecule has 4 N–H and O–H groups in total. The lowest BCUT2D eigenvalue weighted by Gasteiger charge is -2.36. The number of rotatable bonds is 12. The normalized spacial score (nSPS) is 15.6. The molecule has 51 heavy (non-hydrogen) atoms. The molecule has 0 saturated carbocycles. The van der Waals surface area contributed by atoms with Crippen molar-refractivity contribution in [1.82, 2.24) is 25.5 Å². The number of aromatic nitrogens is 2. The molecule has 0 aliphatic carbocycles. The summed E-state index contributed by atoms with van der Waals surface area (Å²) < 4.78 is 25.0. The molecule has 0 bridgehead atoms. The molecular weight excluding hydrogens is 677 g/mol. The van der Waals surface area contributed by atoms with Crippen LogP contribution in [0.3, 0.4) is 0 Å². The minimum Gasteiger partial charge on any atom is -0.494 e. The Labute approximate surface area is 301 Å². The van der Waals surface area contributed by atoms with Gasteiger partial charge in [-0.3, -0.25) is 14.4 Å². The third-order valence-corrected chi connectivity index (χ3v) is 9.05. The molecule has 1 aromatic heterocycles. The van der Waals surface area contributed by atoms with Gasteiger partial charge >= 0.3 is 0 Å². The number of ether oxygens (including phenoxy) is 2. The van der Waals surface area contributed by atoms with Gasteiger partial charge in [0.15, 0.2) is 0 Å². The molecule has 3 aromatic carbocycles. The predicted octanol–water partition coefficient (Wildman–Crippen LogP) is 5.82. The Hall–Kier alpha value is -5.01. The summed E-state index contributed by atoms with van der Waals surface area (Å²) >= 11 is 6.53. The van der Waals surface area contributed by atoms with E-state index < -0.39 is 23.5 Å². The summed E-state index contributed by atoms with van der Waals surface area (Å²) in [4.78, 5) is 50.9. The summed E-state index contributed by atoms with van der Waals surface area (Å²) in [5, 5.41) is 12.9. The minimum atomic E-state index is -0.835. The number of likely N-dealkylation sites (tertiary alicyclic amines) is 1. The topological polar surface area (TPSA) is 147 Å². The maximum Gasteiger partial charge on any atom is 0.247 e. The van der Waals surface area contributed by atoms with E-state index in [-0.39, 0.29) is 30.1 Å². The Morgan fingerprint density at radius 1 is 1.08 bits per heavy atom. The number of nitrogens with zero attached hydrogens (tertiary/aromatic N) is 3. The van der Waals surface area contributed by atoms with Gasteiger partial charge in [0.05, 0.1) is 29.4 Å². The van der Waals surface area contributed by atoms with E-state index in [1.807, 2.05) is 20.8 Å². The summed E-state index contributed by atoms with van der Waals surface area (Å²) in [6.07, 6.45) is 2.50. The van der Waals surface area contributed by atoms with Crippen LogP contribution in [0.15, 0.2) is 60.9 Å². The van der Waals surface area contributed by atoms with E-state index in [0.29, 0.717) is 69.6 Å². The second kappa shape index (κ2) is 15.9. The lowest BCUT2D eigenvalue weighted by Crippen LogP contribution is -2.59. The van der Waals surface area contributed by atoms with Gasteiger partial charge in [0, 0.05) is 23.7 Å². The molecule has 1 unspecified atom stereocenters. The van der Waals surface area contributed by atoms with E-state index in [1.165, 1.54) is 25.6 Å². The highest BCUT2D eigenvalue weighted by Crippen LogP contribution is 2.36. The number of amides is 3. The van der Waals surface area contributed by atoms with E-state index in [4.69, 9.17) is 21.1 Å². The molecule has 2 heterocycles. The summed E-state index contributed by atoms with van der Waals surface area (Å²) in [6.45, 7) is 7.88. The van der Waals surface area contributed by atoms with Gasteiger partial charge < -0.3 is 35.6 Å². The maximum atomic E-state index is 13.9. The molecule has 4 aromatic rings. The van der Waals surface area contributed by atoms with Crippen LogP contribution in [0, 0.1) is 11.2 Å². The third kappa shape index (κ3) is 8.84. The Morgan fingerprint density at radius 3 is 2.55 bits per heavy atom. The molecule has 1 aliphatic rings. The van der Waals surface area contributed by atoms with Gasteiger partial charge in [-0.05, 0) is 74.2 Å². The Balaban J connectivity index is 1.35. The van der Waals surface area contributed by atoms with Crippen LogP contribution < -0.4 is 30.7 Å². The van der Waals surface area contributed by atoms with E-state index >= 15 is 0 Å². The van der Waals surface area contributed by atoms with Crippen molar-refractivity contribution >= 4 is 57.4 Å². The minimum absolute atomic E-state index is 0.146. The molecule has 270 valence electrons. The first kappa shape index (κ1) is 37.3. The highest BCUT2D eigenvalue weighted by atomic mass is 35.5. The molecule has 0 spiro atoms. The smallest absolute Gasteiger partial charge is 0.247 e. The summed E-state index contributed by atoms with van der Waals surface area (Å²) in [5.41, 5.74) is 1.61. The number of methoxy groups -OCH3 is 1. The largest absolute Gasteiger partial charge is 0.494 e. The van der Waals surface area contributed by atoms with E-state index in [2.05, 4.69) is 31.2 Å². The molecule has 14 heteroatoms. The number of hydrogen-bond acceptors (Lipinski definition) is 9. The zero-order chi connectivity index (χ0) is 36.9. The Kier molecular flexibility index (Phi) is 11.6. The first-order valence-electron chi connectivity index (χ1n) is 16.6. The lowest BCUT2D eigenvalue weighted by molar-refractivity contribution is -0.143. The number of carbonyl (C=O) groups is 3. The summed E-state index contributed by atoms with van der Waals surface area (Å²) in [5.74, 6) is -0.0941. The van der Waals surface area contributed by atoms with Gasteiger partial charge in [0.2, 0.25) is 17.7 Å². The van der Waals surface area contributed by atoms with Gasteiger partial charge in [-0.25, -0.2) is 14.4 Å². The number of hydrogen-bond donors (Lipinski definition) is 4. The van der Waals surface area contributed by atoms with Crippen molar-refractivity contribution < 1.29 is 28.2 Å². The Bertz CT molecular complexity index is 1920. The molecular formula is C37H43ClFN7O5. The van der Waals surface area contributed by atoms with E-state index in [9.17, 15) is 18.8 Å². The standard InChI is InChI=1S/C37H43ClFN7O5/c1-21(40-5)34(47)45-32(37(2,3)4)36(49)46-14-8-11-29(46)35(48)44-28-17-25-27(18-31(28)50-6)41-20-42-33(25)43-24-12-13-30(26(38)16-24)51-19-22-9-7-10-23(39)15-22/h7,9-10,12-13,15-18,20-21,29,32,40H,8,11,14,19H2,1-6H3,(H,44,48)(H,45,47)(H,41,42,43)/t21-,29?,32+/m0/s1. The monoisotopic (exact) mass is 719 g/mol. The van der Waals surface area contributed by atoms with Crippen molar-refractivity contribution in [1.29, 1.82) is 0 Å². The van der Waals surface area contributed by atoms with E-state index in [0.717, 1.165) is 0 Å². The van der Waals surface area contributed by atoms with Crippen molar-refractivity contribution in [2.75, 3.05) is 31.3 Å². The zero-order valence-corrected chi connectivity index (χ0v) is 30.2. The third-order valence-electron chi connectivity index (χ3n) is 8.76. The fourth-order valence-corrected chi connectivity index (χ4v) is 6.04. The van der Waals surface area contributed by atoms with Gasteiger partial charge in [0.25, 0.3) is 0 Å². The first-order valence-corrected chi connectivity index (χ1v) is 17.0. The number of fused-ring (bicyclic) bond motifs is 1. The van der Waals surface area contributed by atoms with Crippen molar-refractivity contribution in [3.8, 4) is 11.5 Å². The molecule has 12 nitrogen and oxygen atoms in total. The second-order valence-corrected chi connectivity index (χ2v) is 13.9. The van der Waals surface area contributed by atoms with Gasteiger partial charge in [-0.1, -0.05) is 44.5 Å². The zero-order valence-electron chi connectivity index (χ0n) is 29.5. The Morgan fingerprint density at radius 2 is 1.86 bits per heavy atom. The van der Waals surface area contributed by atoms with Gasteiger partial charge in [0.1, 0.15) is 48.2 Å². The molecule has 1 fully saturated rings. The fraction of sp³-hybridized carbons (Fsp3) is 0.378. The molecule has 1 saturated heterocycles. The van der Waals surface area contributed by atoms with Gasteiger partial charge in [-0.15, -0.1) is 0 Å².